The summed E-state index contributed by atoms with van der Waals surface area (Å²) in [6, 6.07) is 8.27. The summed E-state index contributed by atoms with van der Waals surface area (Å²) in [4.78, 5) is 10.4. The van der Waals surface area contributed by atoms with Crippen molar-refractivity contribution < 1.29 is 0 Å². The predicted molar refractivity (Wildman–Crippen MR) is 69.7 cm³/mol. The molecule has 0 aliphatic carbocycles. The van der Waals surface area contributed by atoms with Crippen LogP contribution in [0.15, 0.2) is 36.7 Å². The minimum absolute atomic E-state index is 0.451. The average Bonchev–Trinajstić information content (AvgIpc) is 2.32. The van der Waals surface area contributed by atoms with Gasteiger partial charge in [0, 0.05) is 12.7 Å². The Balaban J connectivity index is 2.14. The molecule has 2 rings (SSSR count). The van der Waals surface area contributed by atoms with Crippen molar-refractivity contribution in [3.05, 3.63) is 47.9 Å². The summed E-state index contributed by atoms with van der Waals surface area (Å²) < 4.78 is 0. The van der Waals surface area contributed by atoms with Gasteiger partial charge in [-0.15, -0.1) is 0 Å². The number of hydrogen-bond acceptors (Lipinski definition) is 4. The molecule has 17 heavy (non-hydrogen) atoms. The molecule has 88 valence electrons. The zero-order valence-electron chi connectivity index (χ0n) is 10.1. The number of nitrogens with zero attached hydrogens (tertiary/aromatic N) is 3. The summed E-state index contributed by atoms with van der Waals surface area (Å²) in [5.74, 6) is 0.451. The summed E-state index contributed by atoms with van der Waals surface area (Å²) in [6.45, 7) is 2.82. The van der Waals surface area contributed by atoms with Crippen molar-refractivity contribution in [2.24, 2.45) is 0 Å². The third-order valence-electron chi connectivity index (χ3n) is 2.65. The fraction of sp³-hybridized carbons (Fsp3) is 0.231. The largest absolute Gasteiger partial charge is 0.382 e. The second kappa shape index (κ2) is 4.82. The maximum atomic E-state index is 5.51. The quantitative estimate of drug-likeness (QED) is 0.873. The van der Waals surface area contributed by atoms with Gasteiger partial charge in [0.25, 0.3) is 0 Å². The molecule has 4 heteroatoms. The van der Waals surface area contributed by atoms with E-state index < -0.39 is 0 Å². The minimum atomic E-state index is 0.451. The van der Waals surface area contributed by atoms with Crippen LogP contribution in [0.25, 0.3) is 0 Å². The molecule has 1 aromatic carbocycles. The third kappa shape index (κ3) is 2.72. The van der Waals surface area contributed by atoms with Gasteiger partial charge >= 0.3 is 0 Å². The molecule has 0 spiro atoms. The van der Waals surface area contributed by atoms with Crippen LogP contribution in [0, 0.1) is 6.92 Å². The highest BCUT2D eigenvalue weighted by Gasteiger charge is 2.05. The van der Waals surface area contributed by atoms with E-state index in [1.807, 2.05) is 19.2 Å². The van der Waals surface area contributed by atoms with Gasteiger partial charge in [0.15, 0.2) is 0 Å². The lowest BCUT2D eigenvalue weighted by molar-refractivity contribution is 0.871. The smallest absolute Gasteiger partial charge is 0.141 e. The molecule has 0 radical (unpaired) electrons. The van der Waals surface area contributed by atoms with Gasteiger partial charge < -0.3 is 10.6 Å². The van der Waals surface area contributed by atoms with Crippen LogP contribution >= 0.6 is 0 Å². The lowest BCUT2D eigenvalue weighted by Crippen LogP contribution is -2.18. The van der Waals surface area contributed by atoms with Crippen LogP contribution in [-0.4, -0.2) is 17.0 Å². The second-order valence-corrected chi connectivity index (χ2v) is 4.08. The predicted octanol–water partition coefficient (Wildman–Crippen LogP) is 2.00. The highest BCUT2D eigenvalue weighted by Crippen LogP contribution is 2.19. The van der Waals surface area contributed by atoms with Crippen molar-refractivity contribution in [1.29, 1.82) is 0 Å². The number of nitrogen functional groups attached to an aromatic ring is 1. The fourth-order valence-electron chi connectivity index (χ4n) is 1.77. The van der Waals surface area contributed by atoms with E-state index in [0.29, 0.717) is 5.82 Å². The van der Waals surface area contributed by atoms with Gasteiger partial charge in [0.1, 0.15) is 5.82 Å². The van der Waals surface area contributed by atoms with Crippen molar-refractivity contribution in [3.63, 3.8) is 0 Å². The first-order valence-electron chi connectivity index (χ1n) is 5.50. The first-order chi connectivity index (χ1) is 8.16. The van der Waals surface area contributed by atoms with Crippen LogP contribution in [0.2, 0.25) is 0 Å². The Morgan fingerprint density at radius 2 is 1.94 bits per heavy atom. The first kappa shape index (κ1) is 11.4. The molecule has 0 amide bonds. The Kier molecular flexibility index (Phi) is 3.23. The molecule has 0 aliphatic rings. The molecule has 0 bridgehead atoms. The van der Waals surface area contributed by atoms with Gasteiger partial charge in [0.2, 0.25) is 0 Å². The Morgan fingerprint density at radius 1 is 1.18 bits per heavy atom. The SMILES string of the molecule is Cc1ccccc1N(C)Cc1cnc(N)cn1. The summed E-state index contributed by atoms with van der Waals surface area (Å²) in [6.07, 6.45) is 3.30. The number of aryl methyl sites for hydroxylation is 1. The molecule has 2 N–H and O–H groups in total. The van der Waals surface area contributed by atoms with Crippen LogP contribution in [0.4, 0.5) is 11.5 Å². The summed E-state index contributed by atoms with van der Waals surface area (Å²) in [5, 5.41) is 0. The molecule has 0 fully saturated rings. The van der Waals surface area contributed by atoms with Gasteiger partial charge in [-0.3, -0.25) is 4.98 Å². The normalized spacial score (nSPS) is 10.2. The minimum Gasteiger partial charge on any atom is -0.382 e. The molecule has 1 heterocycles. The standard InChI is InChI=1S/C13H16N4/c1-10-5-3-4-6-12(10)17(2)9-11-7-16-13(14)8-15-11/h3-8H,9H2,1-2H3,(H2,14,16). The third-order valence-corrected chi connectivity index (χ3v) is 2.65. The van der Waals surface area contributed by atoms with E-state index in [1.165, 1.54) is 11.3 Å². The molecular weight excluding hydrogens is 212 g/mol. The highest BCUT2D eigenvalue weighted by molar-refractivity contribution is 5.52. The topological polar surface area (TPSA) is 55.0 Å². The zero-order valence-corrected chi connectivity index (χ0v) is 10.1. The van der Waals surface area contributed by atoms with Gasteiger partial charge in [0.05, 0.1) is 24.6 Å². The summed E-state index contributed by atoms with van der Waals surface area (Å²) >= 11 is 0. The fourth-order valence-corrected chi connectivity index (χ4v) is 1.77. The highest BCUT2D eigenvalue weighted by atomic mass is 15.1. The molecule has 0 atom stereocenters. The van der Waals surface area contributed by atoms with E-state index in [1.54, 1.807) is 12.4 Å². The Hall–Kier alpha value is -2.10. The molecule has 0 aliphatic heterocycles. The number of para-hydroxylation sites is 1. The lowest BCUT2D eigenvalue weighted by Gasteiger charge is -2.20. The monoisotopic (exact) mass is 228 g/mol. The first-order valence-corrected chi connectivity index (χ1v) is 5.50. The molecule has 2 aromatic rings. The van der Waals surface area contributed by atoms with Crippen molar-refractivity contribution >= 4 is 11.5 Å². The van der Waals surface area contributed by atoms with Crippen LogP contribution in [0.3, 0.4) is 0 Å². The van der Waals surface area contributed by atoms with Crippen molar-refractivity contribution in [2.75, 3.05) is 17.7 Å². The van der Waals surface area contributed by atoms with Crippen LogP contribution in [0.1, 0.15) is 11.3 Å². The van der Waals surface area contributed by atoms with Gasteiger partial charge in [-0.1, -0.05) is 18.2 Å². The zero-order chi connectivity index (χ0) is 12.3. The summed E-state index contributed by atoms with van der Waals surface area (Å²) in [7, 11) is 2.04. The van der Waals surface area contributed by atoms with E-state index in [9.17, 15) is 0 Å². The molecule has 1 aromatic heterocycles. The lowest BCUT2D eigenvalue weighted by atomic mass is 10.2. The van der Waals surface area contributed by atoms with Gasteiger partial charge in [-0.05, 0) is 18.6 Å². The number of anilines is 2. The molecule has 4 nitrogen and oxygen atoms in total. The summed E-state index contributed by atoms with van der Waals surface area (Å²) in [5.41, 5.74) is 8.86. The number of nitrogens with two attached hydrogens (primary N) is 1. The Labute approximate surface area is 101 Å². The molecular formula is C13H16N4. The van der Waals surface area contributed by atoms with Crippen molar-refractivity contribution in [3.8, 4) is 0 Å². The molecule has 0 unspecified atom stereocenters. The van der Waals surface area contributed by atoms with Crippen LogP contribution in [-0.2, 0) is 6.54 Å². The molecule has 0 saturated heterocycles. The van der Waals surface area contributed by atoms with Crippen molar-refractivity contribution in [1.82, 2.24) is 9.97 Å². The van der Waals surface area contributed by atoms with E-state index in [2.05, 4.69) is 33.9 Å². The van der Waals surface area contributed by atoms with E-state index in [0.717, 1.165) is 12.2 Å². The number of hydrogen-bond donors (Lipinski definition) is 1. The van der Waals surface area contributed by atoms with Gasteiger partial charge in [-0.25, -0.2) is 4.98 Å². The molecule has 0 saturated carbocycles. The van der Waals surface area contributed by atoms with Crippen molar-refractivity contribution in [2.45, 2.75) is 13.5 Å². The Morgan fingerprint density at radius 3 is 2.59 bits per heavy atom. The van der Waals surface area contributed by atoms with Crippen LogP contribution in [0.5, 0.6) is 0 Å². The van der Waals surface area contributed by atoms with E-state index in [-0.39, 0.29) is 0 Å². The van der Waals surface area contributed by atoms with Crippen LogP contribution < -0.4 is 10.6 Å². The Bertz CT molecular complexity index is 493. The van der Waals surface area contributed by atoms with E-state index in [4.69, 9.17) is 5.73 Å². The number of aromatic nitrogens is 2. The second-order valence-electron chi connectivity index (χ2n) is 4.08. The number of benzene rings is 1. The maximum absolute atomic E-state index is 5.51. The maximum Gasteiger partial charge on any atom is 0.141 e. The van der Waals surface area contributed by atoms with Gasteiger partial charge in [-0.2, -0.15) is 0 Å². The number of rotatable bonds is 3. The average molecular weight is 228 g/mol. The van der Waals surface area contributed by atoms with E-state index >= 15 is 0 Å².